The average Bonchev–Trinajstić information content (AvgIpc) is 2.84. The van der Waals surface area contributed by atoms with Crippen molar-refractivity contribution in [2.75, 3.05) is 19.1 Å². The molecule has 1 aliphatic heterocycles. The van der Waals surface area contributed by atoms with Gasteiger partial charge >= 0.3 is 11.9 Å². The lowest BCUT2D eigenvalue weighted by Gasteiger charge is -2.24. The first-order chi connectivity index (χ1) is 11.8. The molecule has 132 valence electrons. The molecule has 0 saturated carbocycles. The third-order valence-corrected chi connectivity index (χ3v) is 3.93. The van der Waals surface area contributed by atoms with Crippen LogP contribution in [0, 0.1) is 17.5 Å². The van der Waals surface area contributed by atoms with Gasteiger partial charge in [0, 0.05) is 12.3 Å². The van der Waals surface area contributed by atoms with Crippen molar-refractivity contribution in [1.29, 1.82) is 0 Å². The number of benzene rings is 1. The fourth-order valence-corrected chi connectivity index (χ4v) is 2.48. The van der Waals surface area contributed by atoms with E-state index in [0.29, 0.717) is 6.07 Å². The van der Waals surface area contributed by atoms with Gasteiger partial charge in [-0.15, -0.1) is 0 Å². The molecule has 0 spiro atoms. The molecule has 1 aromatic rings. The van der Waals surface area contributed by atoms with Crippen LogP contribution in [-0.2, 0) is 19.1 Å². The molecule has 0 radical (unpaired) electrons. The highest BCUT2D eigenvalue weighted by Crippen LogP contribution is 2.34. The Labute approximate surface area is 149 Å². The summed E-state index contributed by atoms with van der Waals surface area (Å²) in [5.74, 6) is -5.84. The van der Waals surface area contributed by atoms with Crippen LogP contribution in [-0.4, -0.2) is 26.2 Å². The molecule has 25 heavy (non-hydrogen) atoms. The zero-order chi connectivity index (χ0) is 18.7. The number of esters is 2. The van der Waals surface area contributed by atoms with Crippen molar-refractivity contribution >= 4 is 33.6 Å². The smallest absolute Gasteiger partial charge is 0.355 e. The average molecular weight is 418 g/mol. The van der Waals surface area contributed by atoms with E-state index in [0.717, 1.165) is 19.1 Å². The van der Waals surface area contributed by atoms with E-state index in [2.05, 4.69) is 25.4 Å². The van der Waals surface area contributed by atoms with E-state index in [9.17, 15) is 22.8 Å². The summed E-state index contributed by atoms with van der Waals surface area (Å²) < 4.78 is 50.2. The Hall–Kier alpha value is -2.55. The monoisotopic (exact) mass is 417 g/mol. The van der Waals surface area contributed by atoms with Crippen molar-refractivity contribution in [3.63, 3.8) is 0 Å². The maximum atomic E-state index is 14.5. The highest BCUT2D eigenvalue weighted by Gasteiger charge is 2.30. The molecule has 0 N–H and O–H groups in total. The van der Waals surface area contributed by atoms with Gasteiger partial charge in [0.1, 0.15) is 5.70 Å². The Bertz CT molecular complexity index is 833. The summed E-state index contributed by atoms with van der Waals surface area (Å²) in [6.07, 6.45) is 5.21. The van der Waals surface area contributed by atoms with Crippen molar-refractivity contribution < 1.29 is 32.2 Å². The quantitative estimate of drug-likeness (QED) is 0.428. The molecule has 0 unspecified atom stereocenters. The van der Waals surface area contributed by atoms with Gasteiger partial charge in [-0.25, -0.2) is 22.8 Å². The number of hydrogen-bond donors (Lipinski definition) is 0. The minimum atomic E-state index is -1.42. The van der Waals surface area contributed by atoms with Gasteiger partial charge in [0.25, 0.3) is 0 Å². The van der Waals surface area contributed by atoms with Gasteiger partial charge in [-0.3, -0.25) is 0 Å². The molecule has 0 amide bonds. The number of anilines is 1. The fraction of sp³-hybridized carbons (Fsp3) is 0.125. The second-order valence-corrected chi connectivity index (χ2v) is 5.43. The first-order valence-corrected chi connectivity index (χ1v) is 7.50. The first-order valence-electron chi connectivity index (χ1n) is 6.71. The number of carbonyl (C=O) groups excluding carboxylic acids is 2. The van der Waals surface area contributed by atoms with Crippen LogP contribution >= 0.6 is 15.9 Å². The third kappa shape index (κ3) is 3.46. The number of ether oxygens (including phenoxy) is 2. The zero-order valence-electron chi connectivity index (χ0n) is 13.0. The van der Waals surface area contributed by atoms with E-state index in [1.807, 2.05) is 0 Å². The molecule has 0 bridgehead atoms. The Morgan fingerprint density at radius 2 is 1.68 bits per heavy atom. The summed E-state index contributed by atoms with van der Waals surface area (Å²) in [6.45, 7) is 0. The van der Waals surface area contributed by atoms with Crippen molar-refractivity contribution in [3.8, 4) is 0 Å². The van der Waals surface area contributed by atoms with Crippen molar-refractivity contribution in [1.82, 2.24) is 0 Å². The van der Waals surface area contributed by atoms with Crippen LogP contribution in [0.15, 0.2) is 46.2 Å². The standard InChI is InChI=1S/C16H11BrF3NO4/c1-24-15(22)8-5-3-4-6-21(14(8)16(23)25-2)10-7-9(18)12(19)11(17)13(10)20/h3-7H,1-2H3. The summed E-state index contributed by atoms with van der Waals surface area (Å²) >= 11 is 2.62. The summed E-state index contributed by atoms with van der Waals surface area (Å²) in [7, 11) is 2.15. The van der Waals surface area contributed by atoms with Crippen LogP contribution in [0.3, 0.4) is 0 Å². The molecule has 0 aliphatic carbocycles. The molecule has 0 atom stereocenters. The Morgan fingerprint density at radius 1 is 1.04 bits per heavy atom. The van der Waals surface area contributed by atoms with Gasteiger partial charge in [0.15, 0.2) is 17.5 Å². The van der Waals surface area contributed by atoms with Crippen molar-refractivity contribution in [3.05, 3.63) is 63.7 Å². The number of hydrogen-bond acceptors (Lipinski definition) is 5. The van der Waals surface area contributed by atoms with Crippen LogP contribution in [0.2, 0.25) is 0 Å². The molecule has 1 heterocycles. The molecule has 9 heteroatoms. The minimum Gasteiger partial charge on any atom is -0.465 e. The molecule has 0 saturated heterocycles. The first kappa shape index (κ1) is 18.8. The van der Waals surface area contributed by atoms with Crippen LogP contribution < -0.4 is 4.90 Å². The molecule has 1 aromatic carbocycles. The van der Waals surface area contributed by atoms with E-state index < -0.39 is 45.2 Å². The summed E-state index contributed by atoms with van der Waals surface area (Å²) in [4.78, 5) is 25.0. The molecular weight excluding hydrogens is 407 g/mol. The lowest BCUT2D eigenvalue weighted by atomic mass is 10.1. The number of allylic oxidation sites excluding steroid dienone is 2. The molecule has 2 rings (SSSR count). The Balaban J connectivity index is 2.78. The predicted molar refractivity (Wildman–Crippen MR) is 85.8 cm³/mol. The van der Waals surface area contributed by atoms with Gasteiger partial charge in [-0.2, -0.15) is 0 Å². The number of rotatable bonds is 3. The second kappa shape index (κ2) is 7.56. The summed E-state index contributed by atoms with van der Waals surface area (Å²) in [5.41, 5.74) is -1.18. The highest BCUT2D eigenvalue weighted by atomic mass is 79.9. The molecule has 0 aromatic heterocycles. The van der Waals surface area contributed by atoms with Crippen LogP contribution in [0.5, 0.6) is 0 Å². The van der Waals surface area contributed by atoms with Gasteiger partial charge in [0.05, 0.1) is 30.0 Å². The molecule has 0 fully saturated rings. The van der Waals surface area contributed by atoms with E-state index in [-0.39, 0.29) is 5.57 Å². The Kier molecular flexibility index (Phi) is 5.68. The molecular formula is C16H11BrF3NO4. The van der Waals surface area contributed by atoms with Gasteiger partial charge in [-0.05, 0) is 28.1 Å². The number of carbonyl (C=O) groups is 2. The number of halogens is 4. The van der Waals surface area contributed by atoms with Crippen LogP contribution in [0.1, 0.15) is 0 Å². The largest absolute Gasteiger partial charge is 0.465 e. The minimum absolute atomic E-state index is 0.250. The van der Waals surface area contributed by atoms with Gasteiger partial charge in [0.2, 0.25) is 0 Å². The van der Waals surface area contributed by atoms with E-state index in [1.54, 1.807) is 0 Å². The SMILES string of the molecule is COC(=O)C1=C(C(=O)OC)N(c2cc(F)c(F)c(Br)c2F)C=CC=C1. The van der Waals surface area contributed by atoms with E-state index in [4.69, 9.17) is 0 Å². The summed E-state index contributed by atoms with van der Waals surface area (Å²) in [5, 5.41) is 0. The number of nitrogens with zero attached hydrogens (tertiary/aromatic N) is 1. The van der Waals surface area contributed by atoms with Crippen molar-refractivity contribution in [2.24, 2.45) is 0 Å². The van der Waals surface area contributed by atoms with Crippen LogP contribution in [0.25, 0.3) is 0 Å². The molecule has 1 aliphatic rings. The fourth-order valence-electron chi connectivity index (χ4n) is 2.09. The second-order valence-electron chi connectivity index (χ2n) is 4.64. The van der Waals surface area contributed by atoms with Gasteiger partial charge in [-0.1, -0.05) is 6.08 Å². The summed E-state index contributed by atoms with van der Waals surface area (Å²) in [6, 6.07) is 0.558. The number of methoxy groups -OCH3 is 2. The van der Waals surface area contributed by atoms with E-state index >= 15 is 0 Å². The van der Waals surface area contributed by atoms with Crippen molar-refractivity contribution in [2.45, 2.75) is 0 Å². The highest BCUT2D eigenvalue weighted by molar-refractivity contribution is 9.10. The lowest BCUT2D eigenvalue weighted by molar-refractivity contribution is -0.139. The maximum Gasteiger partial charge on any atom is 0.355 e. The van der Waals surface area contributed by atoms with Gasteiger partial charge < -0.3 is 14.4 Å². The Morgan fingerprint density at radius 3 is 2.28 bits per heavy atom. The lowest BCUT2D eigenvalue weighted by Crippen LogP contribution is -2.28. The third-order valence-electron chi connectivity index (χ3n) is 3.23. The molecule has 5 nitrogen and oxygen atoms in total. The zero-order valence-corrected chi connectivity index (χ0v) is 14.6. The van der Waals surface area contributed by atoms with Crippen LogP contribution in [0.4, 0.5) is 18.9 Å². The van der Waals surface area contributed by atoms with E-state index in [1.165, 1.54) is 24.4 Å². The maximum absolute atomic E-state index is 14.5. The predicted octanol–water partition coefficient (Wildman–Crippen LogP) is 3.36. The topological polar surface area (TPSA) is 55.8 Å². The normalized spacial score (nSPS) is 13.8.